The summed E-state index contributed by atoms with van der Waals surface area (Å²) < 4.78 is 0.404. The maximum atomic E-state index is 2.62. The summed E-state index contributed by atoms with van der Waals surface area (Å²) in [6.07, 6.45) is 17.2. The molecule has 3 aromatic carbocycles. The highest BCUT2D eigenvalue weighted by molar-refractivity contribution is 8.33. The zero-order chi connectivity index (χ0) is 22.8. The van der Waals surface area contributed by atoms with Gasteiger partial charge in [0.25, 0.3) is 0 Å². The van der Waals surface area contributed by atoms with Crippen LogP contribution in [-0.2, 0) is 16.2 Å². The van der Waals surface area contributed by atoms with Crippen molar-refractivity contribution in [1.29, 1.82) is 0 Å². The molecular weight excluding hydrogens is 416 g/mol. The van der Waals surface area contributed by atoms with Gasteiger partial charge in [-0.15, -0.1) is 0 Å². The molecular formula is C32H38S. The largest absolute Gasteiger partial charge is 0.244 e. The summed E-state index contributed by atoms with van der Waals surface area (Å²) in [6.45, 7) is 0. The third-order valence-corrected chi connectivity index (χ3v) is 12.9. The van der Waals surface area contributed by atoms with E-state index in [9.17, 15) is 0 Å². The first-order chi connectivity index (χ1) is 15.8. The molecule has 2 atom stereocenters. The van der Waals surface area contributed by atoms with Gasteiger partial charge in [0.1, 0.15) is 0 Å². The molecule has 0 N–H and O–H groups in total. The molecule has 4 fully saturated rings. The lowest BCUT2D eigenvalue weighted by molar-refractivity contribution is 0.0836. The maximum Gasteiger partial charge on any atom is 0.00207 e. The van der Waals surface area contributed by atoms with E-state index in [2.05, 4.69) is 110 Å². The SMILES string of the molecule is CS(C)(C)C12CC3(c4ccccc4)CCC(c4ccccc4)(CC(c4ccccc4)(C3)C1)C2. The standard InChI is InChI=1S/C32H38S/c1-33(2,3)32-23-29(26-13-7-4-8-14-26)19-20-30(24-32,27-15-9-5-10-16-27)22-31(21-29,25-32)28-17-11-6-12-18-28/h4-18H,19-25H2,1-3H3. The van der Waals surface area contributed by atoms with Crippen LogP contribution in [0, 0.1) is 0 Å². The molecule has 3 aromatic rings. The Kier molecular flexibility index (Phi) is 4.73. The van der Waals surface area contributed by atoms with Crippen LogP contribution in [0.4, 0.5) is 0 Å². The zero-order valence-electron chi connectivity index (χ0n) is 20.5. The third kappa shape index (κ3) is 3.18. The Hall–Kier alpha value is -1.99. The molecule has 4 bridgehead atoms. The lowest BCUT2D eigenvalue weighted by Gasteiger charge is -2.67. The molecule has 0 nitrogen and oxygen atoms in total. The van der Waals surface area contributed by atoms with Crippen molar-refractivity contribution < 1.29 is 0 Å². The monoisotopic (exact) mass is 454 g/mol. The van der Waals surface area contributed by atoms with Crippen LogP contribution < -0.4 is 0 Å². The smallest absolute Gasteiger partial charge is 0.00207 e. The van der Waals surface area contributed by atoms with Gasteiger partial charge in [-0.25, -0.2) is 10.0 Å². The second-order valence-corrected chi connectivity index (χ2v) is 16.9. The summed E-state index contributed by atoms with van der Waals surface area (Å²) in [5.41, 5.74) is 5.61. The van der Waals surface area contributed by atoms with Gasteiger partial charge in [0.2, 0.25) is 0 Å². The molecule has 0 aliphatic heterocycles. The minimum Gasteiger partial charge on any atom is -0.244 e. The Labute approximate surface area is 202 Å². The highest BCUT2D eigenvalue weighted by atomic mass is 32.3. The first-order valence-electron chi connectivity index (χ1n) is 12.7. The van der Waals surface area contributed by atoms with Crippen LogP contribution in [0.1, 0.15) is 61.6 Å². The van der Waals surface area contributed by atoms with Crippen molar-refractivity contribution in [3.8, 4) is 0 Å². The summed E-state index contributed by atoms with van der Waals surface area (Å²) in [5.74, 6) is 0. The fourth-order valence-electron chi connectivity index (χ4n) is 8.51. The number of rotatable bonds is 4. The van der Waals surface area contributed by atoms with Crippen LogP contribution in [-0.4, -0.2) is 23.5 Å². The van der Waals surface area contributed by atoms with E-state index in [1.165, 1.54) is 44.9 Å². The van der Waals surface area contributed by atoms with E-state index < -0.39 is 10.0 Å². The van der Waals surface area contributed by atoms with Gasteiger partial charge >= 0.3 is 0 Å². The Morgan fingerprint density at radius 2 is 0.788 bits per heavy atom. The minimum absolute atomic E-state index is 0.250. The van der Waals surface area contributed by atoms with Gasteiger partial charge in [0.15, 0.2) is 0 Å². The molecule has 4 aliphatic carbocycles. The molecule has 0 amide bonds. The van der Waals surface area contributed by atoms with E-state index >= 15 is 0 Å². The molecule has 7 rings (SSSR count). The van der Waals surface area contributed by atoms with Gasteiger partial charge in [0.05, 0.1) is 0 Å². The van der Waals surface area contributed by atoms with E-state index in [-0.39, 0.29) is 16.2 Å². The van der Waals surface area contributed by atoms with Gasteiger partial charge in [-0.1, -0.05) is 91.0 Å². The number of benzene rings is 3. The summed E-state index contributed by atoms with van der Waals surface area (Å²) in [5, 5.41) is 0. The molecule has 4 saturated carbocycles. The Bertz CT molecular complexity index is 1070. The first kappa shape index (κ1) is 21.5. The number of hydrogen-bond acceptors (Lipinski definition) is 0. The van der Waals surface area contributed by atoms with Crippen molar-refractivity contribution in [2.75, 3.05) is 18.8 Å². The van der Waals surface area contributed by atoms with Gasteiger partial charge in [-0.2, -0.15) is 0 Å². The quantitative estimate of drug-likeness (QED) is 0.374. The Morgan fingerprint density at radius 3 is 1.15 bits per heavy atom. The molecule has 0 heterocycles. The number of fused-ring (bicyclic) bond motifs is 1. The highest BCUT2D eigenvalue weighted by Gasteiger charge is 2.67. The van der Waals surface area contributed by atoms with Crippen LogP contribution in [0.25, 0.3) is 0 Å². The average molecular weight is 455 g/mol. The molecule has 1 heteroatoms. The predicted octanol–water partition coefficient (Wildman–Crippen LogP) is 8.00. The molecule has 172 valence electrons. The number of hydrogen-bond donors (Lipinski definition) is 0. The summed E-state index contributed by atoms with van der Waals surface area (Å²) >= 11 is 0. The predicted molar refractivity (Wildman–Crippen MR) is 145 cm³/mol. The highest BCUT2D eigenvalue weighted by Crippen LogP contribution is 2.76. The summed E-state index contributed by atoms with van der Waals surface area (Å²) in [4.78, 5) is 0. The maximum absolute atomic E-state index is 2.62. The van der Waals surface area contributed by atoms with Crippen molar-refractivity contribution in [2.45, 2.75) is 65.9 Å². The fraction of sp³-hybridized carbons (Fsp3) is 0.438. The van der Waals surface area contributed by atoms with Crippen molar-refractivity contribution in [1.82, 2.24) is 0 Å². The third-order valence-electron chi connectivity index (χ3n) is 9.87. The summed E-state index contributed by atoms with van der Waals surface area (Å²) in [6, 6.07) is 35.0. The molecule has 33 heavy (non-hydrogen) atoms. The molecule has 0 spiro atoms. The first-order valence-corrected chi connectivity index (χ1v) is 15.5. The molecule has 0 saturated heterocycles. The Balaban J connectivity index is 1.65. The normalized spacial score (nSPS) is 35.8. The van der Waals surface area contributed by atoms with Gasteiger partial charge in [-0.3, -0.25) is 0 Å². The van der Waals surface area contributed by atoms with Crippen molar-refractivity contribution in [3.05, 3.63) is 108 Å². The van der Waals surface area contributed by atoms with Crippen LogP contribution >= 0.6 is 10.0 Å². The molecule has 0 aromatic heterocycles. The van der Waals surface area contributed by atoms with E-state index in [1.54, 1.807) is 16.7 Å². The second-order valence-electron chi connectivity index (χ2n) is 12.3. The van der Waals surface area contributed by atoms with E-state index in [4.69, 9.17) is 0 Å². The van der Waals surface area contributed by atoms with E-state index in [0.717, 1.165) is 0 Å². The Morgan fingerprint density at radius 1 is 0.455 bits per heavy atom. The van der Waals surface area contributed by atoms with Gasteiger partial charge in [-0.05, 0) is 96.6 Å². The molecule has 0 radical (unpaired) electrons. The van der Waals surface area contributed by atoms with E-state index in [1.807, 2.05) is 0 Å². The second kappa shape index (κ2) is 7.25. The van der Waals surface area contributed by atoms with Crippen molar-refractivity contribution in [2.24, 2.45) is 0 Å². The van der Waals surface area contributed by atoms with Crippen LogP contribution in [0.3, 0.4) is 0 Å². The van der Waals surface area contributed by atoms with Gasteiger partial charge < -0.3 is 0 Å². The average Bonchev–Trinajstić information content (AvgIpc) is 3.01. The minimum atomic E-state index is -0.783. The van der Waals surface area contributed by atoms with Crippen molar-refractivity contribution >= 4 is 10.0 Å². The summed E-state index contributed by atoms with van der Waals surface area (Å²) in [7, 11) is -0.783. The van der Waals surface area contributed by atoms with Crippen molar-refractivity contribution in [3.63, 3.8) is 0 Å². The zero-order valence-corrected chi connectivity index (χ0v) is 21.3. The molecule has 2 unspecified atom stereocenters. The van der Waals surface area contributed by atoms with E-state index in [0.29, 0.717) is 4.75 Å². The van der Waals surface area contributed by atoms with Crippen LogP contribution in [0.2, 0.25) is 0 Å². The van der Waals surface area contributed by atoms with Gasteiger partial charge in [0, 0.05) is 4.75 Å². The fourth-order valence-corrected chi connectivity index (χ4v) is 10.6. The lowest BCUT2D eigenvalue weighted by Crippen LogP contribution is -2.60. The lowest BCUT2D eigenvalue weighted by atomic mass is 9.47. The topological polar surface area (TPSA) is 0 Å². The van der Waals surface area contributed by atoms with Crippen LogP contribution in [0.15, 0.2) is 91.0 Å². The van der Waals surface area contributed by atoms with Crippen LogP contribution in [0.5, 0.6) is 0 Å². The molecule has 4 aliphatic rings.